The van der Waals surface area contributed by atoms with E-state index in [4.69, 9.17) is 4.74 Å². The quantitative estimate of drug-likeness (QED) is 0.906. The smallest absolute Gasteiger partial charge is 0.137 e. The summed E-state index contributed by atoms with van der Waals surface area (Å²) in [7, 11) is 0. The van der Waals surface area contributed by atoms with Gasteiger partial charge in [0.05, 0.1) is 17.2 Å². The van der Waals surface area contributed by atoms with Gasteiger partial charge in [-0.3, -0.25) is 0 Å². The molecule has 1 N–H and O–H groups in total. The molecule has 0 bridgehead atoms. The Morgan fingerprint density at radius 2 is 2.31 bits per heavy atom. The monoisotopic (exact) mass is 288 g/mol. The topological polar surface area (TPSA) is 29.5 Å². The molecule has 1 saturated heterocycles. The zero-order valence-electron chi connectivity index (χ0n) is 8.83. The molecule has 1 aliphatic rings. The van der Waals surface area contributed by atoms with Gasteiger partial charge in [0.1, 0.15) is 5.82 Å². The second kappa shape index (κ2) is 5.25. The first-order valence-corrected chi connectivity index (χ1v) is 6.18. The van der Waals surface area contributed by atoms with Crippen LogP contribution in [0.25, 0.3) is 0 Å². The summed E-state index contributed by atoms with van der Waals surface area (Å²) in [6, 6.07) is 4.63. The number of aliphatic hydroxyl groups excluding tert-OH is 1. The van der Waals surface area contributed by atoms with Gasteiger partial charge in [-0.05, 0) is 46.5 Å². The maximum absolute atomic E-state index is 13.1. The van der Waals surface area contributed by atoms with E-state index < -0.39 is 6.10 Å². The van der Waals surface area contributed by atoms with Crippen molar-refractivity contribution in [1.82, 2.24) is 0 Å². The molecule has 2 rings (SSSR count). The summed E-state index contributed by atoms with van der Waals surface area (Å²) in [5, 5.41) is 10.1. The van der Waals surface area contributed by atoms with Crippen LogP contribution in [0.5, 0.6) is 0 Å². The number of hydrogen-bond acceptors (Lipinski definition) is 2. The van der Waals surface area contributed by atoms with Gasteiger partial charge in [0, 0.05) is 12.5 Å². The predicted octanol–water partition coefficient (Wildman–Crippen LogP) is 3.05. The molecule has 0 aromatic heterocycles. The van der Waals surface area contributed by atoms with Gasteiger partial charge in [0.15, 0.2) is 0 Å². The van der Waals surface area contributed by atoms with E-state index in [0.717, 1.165) is 25.0 Å². The fraction of sp³-hybridized carbons (Fsp3) is 0.500. The highest BCUT2D eigenvalue weighted by Gasteiger charge is 2.24. The van der Waals surface area contributed by atoms with Crippen LogP contribution >= 0.6 is 15.9 Å². The Balaban J connectivity index is 2.12. The van der Waals surface area contributed by atoms with Crippen LogP contribution in [-0.2, 0) is 4.74 Å². The first-order valence-electron chi connectivity index (χ1n) is 5.39. The first kappa shape index (κ1) is 12.0. The lowest BCUT2D eigenvalue weighted by atomic mass is 9.91. The molecule has 1 fully saturated rings. The molecule has 0 radical (unpaired) electrons. The third-order valence-corrected chi connectivity index (χ3v) is 3.53. The fourth-order valence-corrected chi connectivity index (χ4v) is 2.38. The van der Waals surface area contributed by atoms with E-state index in [1.165, 1.54) is 6.07 Å². The van der Waals surface area contributed by atoms with Crippen molar-refractivity contribution in [3.8, 4) is 0 Å². The SMILES string of the molecule is OC(c1ccc(F)c(Br)c1)C1CCCOC1. The van der Waals surface area contributed by atoms with E-state index in [2.05, 4.69) is 15.9 Å². The first-order chi connectivity index (χ1) is 7.68. The summed E-state index contributed by atoms with van der Waals surface area (Å²) in [5.74, 6) is -0.193. The molecule has 4 heteroatoms. The number of halogens is 2. The van der Waals surface area contributed by atoms with Crippen LogP contribution in [0.3, 0.4) is 0 Å². The number of benzene rings is 1. The van der Waals surface area contributed by atoms with Crippen molar-refractivity contribution in [1.29, 1.82) is 0 Å². The third kappa shape index (κ3) is 2.62. The van der Waals surface area contributed by atoms with E-state index in [1.807, 2.05) is 0 Å². The van der Waals surface area contributed by atoms with Crippen LogP contribution in [0.1, 0.15) is 24.5 Å². The van der Waals surface area contributed by atoms with Crippen molar-refractivity contribution in [2.45, 2.75) is 18.9 Å². The highest BCUT2D eigenvalue weighted by Crippen LogP contribution is 2.30. The Labute approximate surface area is 103 Å². The molecule has 1 heterocycles. The molecule has 0 amide bonds. The Bertz CT molecular complexity index is 364. The molecule has 2 atom stereocenters. The van der Waals surface area contributed by atoms with Gasteiger partial charge in [0.25, 0.3) is 0 Å². The summed E-state index contributed by atoms with van der Waals surface area (Å²) in [4.78, 5) is 0. The zero-order valence-corrected chi connectivity index (χ0v) is 10.4. The Morgan fingerprint density at radius 3 is 2.94 bits per heavy atom. The Kier molecular flexibility index (Phi) is 3.95. The van der Waals surface area contributed by atoms with Crippen molar-refractivity contribution in [2.75, 3.05) is 13.2 Å². The van der Waals surface area contributed by atoms with Gasteiger partial charge in [0.2, 0.25) is 0 Å². The summed E-state index contributed by atoms with van der Waals surface area (Å²) < 4.78 is 18.8. The summed E-state index contributed by atoms with van der Waals surface area (Å²) in [5.41, 5.74) is 0.740. The van der Waals surface area contributed by atoms with Gasteiger partial charge < -0.3 is 9.84 Å². The van der Waals surface area contributed by atoms with Gasteiger partial charge in [-0.15, -0.1) is 0 Å². The van der Waals surface area contributed by atoms with Gasteiger partial charge in [-0.1, -0.05) is 6.07 Å². The summed E-state index contributed by atoms with van der Waals surface area (Å²) in [6.45, 7) is 1.35. The predicted molar refractivity (Wildman–Crippen MR) is 62.6 cm³/mol. The molecule has 88 valence electrons. The fourth-order valence-electron chi connectivity index (χ4n) is 1.98. The molecule has 1 aromatic rings. The molecular weight excluding hydrogens is 275 g/mol. The molecular formula is C12H14BrFO2. The van der Waals surface area contributed by atoms with Crippen LogP contribution in [0.4, 0.5) is 4.39 Å². The number of rotatable bonds is 2. The van der Waals surface area contributed by atoms with Crippen LogP contribution in [0.2, 0.25) is 0 Å². The normalized spacial score (nSPS) is 23.1. The van der Waals surface area contributed by atoms with E-state index in [-0.39, 0.29) is 11.7 Å². The second-order valence-electron chi connectivity index (χ2n) is 4.10. The standard InChI is InChI=1S/C12H14BrFO2/c13-10-6-8(3-4-11(10)14)12(15)9-2-1-5-16-7-9/h3-4,6,9,12,15H,1-2,5,7H2. The average Bonchev–Trinajstić information content (AvgIpc) is 2.33. The van der Waals surface area contributed by atoms with E-state index in [1.54, 1.807) is 12.1 Å². The second-order valence-corrected chi connectivity index (χ2v) is 4.95. The maximum atomic E-state index is 13.1. The van der Waals surface area contributed by atoms with E-state index >= 15 is 0 Å². The van der Waals surface area contributed by atoms with Crippen LogP contribution < -0.4 is 0 Å². The summed E-state index contributed by atoms with van der Waals surface area (Å²) >= 11 is 3.12. The molecule has 1 aliphatic heterocycles. The van der Waals surface area contributed by atoms with Crippen molar-refractivity contribution in [3.05, 3.63) is 34.1 Å². The van der Waals surface area contributed by atoms with Crippen molar-refractivity contribution in [2.24, 2.45) is 5.92 Å². The van der Waals surface area contributed by atoms with Gasteiger partial charge in [-0.2, -0.15) is 0 Å². The Morgan fingerprint density at radius 1 is 1.50 bits per heavy atom. The lowest BCUT2D eigenvalue weighted by Crippen LogP contribution is -2.23. The minimum absolute atomic E-state index is 0.117. The van der Waals surface area contributed by atoms with E-state index in [9.17, 15) is 9.50 Å². The van der Waals surface area contributed by atoms with E-state index in [0.29, 0.717) is 11.1 Å². The Hall–Kier alpha value is -0.450. The lowest BCUT2D eigenvalue weighted by molar-refractivity contribution is -0.01000. The largest absolute Gasteiger partial charge is 0.388 e. The minimum atomic E-state index is -0.572. The number of aliphatic hydroxyl groups is 1. The summed E-state index contributed by atoms with van der Waals surface area (Å²) in [6.07, 6.45) is 1.36. The molecule has 0 saturated carbocycles. The molecule has 0 aliphatic carbocycles. The van der Waals surface area contributed by atoms with Crippen LogP contribution in [0, 0.1) is 11.7 Å². The van der Waals surface area contributed by atoms with Crippen LogP contribution in [-0.4, -0.2) is 18.3 Å². The van der Waals surface area contributed by atoms with Crippen LogP contribution in [0.15, 0.2) is 22.7 Å². The number of hydrogen-bond donors (Lipinski definition) is 1. The zero-order chi connectivity index (χ0) is 11.5. The maximum Gasteiger partial charge on any atom is 0.137 e. The minimum Gasteiger partial charge on any atom is -0.388 e. The molecule has 2 unspecified atom stereocenters. The molecule has 16 heavy (non-hydrogen) atoms. The lowest BCUT2D eigenvalue weighted by Gasteiger charge is -2.27. The molecule has 2 nitrogen and oxygen atoms in total. The highest BCUT2D eigenvalue weighted by atomic mass is 79.9. The number of ether oxygens (including phenoxy) is 1. The van der Waals surface area contributed by atoms with Gasteiger partial charge >= 0.3 is 0 Å². The molecule has 1 aromatic carbocycles. The van der Waals surface area contributed by atoms with Crippen molar-refractivity contribution in [3.63, 3.8) is 0 Å². The van der Waals surface area contributed by atoms with Crippen molar-refractivity contribution < 1.29 is 14.2 Å². The van der Waals surface area contributed by atoms with Crippen molar-refractivity contribution >= 4 is 15.9 Å². The molecule has 0 spiro atoms. The highest BCUT2D eigenvalue weighted by molar-refractivity contribution is 9.10. The third-order valence-electron chi connectivity index (χ3n) is 2.93. The van der Waals surface area contributed by atoms with Gasteiger partial charge in [-0.25, -0.2) is 4.39 Å². The average molecular weight is 289 g/mol.